The highest BCUT2D eigenvalue weighted by Crippen LogP contribution is 2.30. The van der Waals surface area contributed by atoms with Gasteiger partial charge >= 0.3 is 0 Å². The van der Waals surface area contributed by atoms with Crippen LogP contribution in [0.1, 0.15) is 23.1 Å². The van der Waals surface area contributed by atoms with Crippen molar-refractivity contribution in [3.8, 4) is 0 Å². The fourth-order valence-electron chi connectivity index (χ4n) is 4.01. The number of aromatic nitrogens is 1. The van der Waals surface area contributed by atoms with Crippen LogP contribution < -0.4 is 0 Å². The van der Waals surface area contributed by atoms with Crippen LogP contribution in [0.15, 0.2) is 48.8 Å². The molecule has 21 heavy (non-hydrogen) atoms. The van der Waals surface area contributed by atoms with Crippen molar-refractivity contribution in [3.63, 3.8) is 0 Å². The van der Waals surface area contributed by atoms with Crippen LogP contribution in [0.5, 0.6) is 0 Å². The average Bonchev–Trinajstić information content (AvgIpc) is 3.14. The summed E-state index contributed by atoms with van der Waals surface area (Å²) in [5, 5.41) is 0. The molecular weight excluding hydrogens is 256 g/mol. The first-order chi connectivity index (χ1) is 10.4. The van der Waals surface area contributed by atoms with Crippen molar-refractivity contribution in [2.75, 3.05) is 13.1 Å². The van der Waals surface area contributed by atoms with Crippen molar-refractivity contribution in [2.24, 2.45) is 5.92 Å². The van der Waals surface area contributed by atoms with E-state index in [2.05, 4.69) is 46.3 Å². The van der Waals surface area contributed by atoms with Crippen LogP contribution in [0.2, 0.25) is 0 Å². The minimum Gasteiger partial charge on any atom is -0.299 e. The van der Waals surface area contributed by atoms with E-state index in [1.54, 1.807) is 11.1 Å². The molecule has 2 aliphatic rings. The minimum atomic E-state index is 0.737. The van der Waals surface area contributed by atoms with Crippen molar-refractivity contribution < 1.29 is 0 Å². The number of benzene rings is 1. The van der Waals surface area contributed by atoms with Gasteiger partial charge in [-0.3, -0.25) is 9.88 Å². The van der Waals surface area contributed by atoms with Gasteiger partial charge in [0.05, 0.1) is 0 Å². The van der Waals surface area contributed by atoms with E-state index in [1.807, 2.05) is 12.4 Å². The summed E-state index contributed by atoms with van der Waals surface area (Å²) < 4.78 is 0. The van der Waals surface area contributed by atoms with Gasteiger partial charge in [0, 0.05) is 25.0 Å². The van der Waals surface area contributed by atoms with Gasteiger partial charge < -0.3 is 0 Å². The molecule has 2 aromatic rings. The molecule has 0 radical (unpaired) electrons. The minimum absolute atomic E-state index is 0.737. The molecule has 4 rings (SSSR count). The summed E-state index contributed by atoms with van der Waals surface area (Å²) in [6.07, 6.45) is 8.89. The van der Waals surface area contributed by atoms with E-state index in [0.717, 1.165) is 12.0 Å². The Labute approximate surface area is 126 Å². The lowest BCUT2D eigenvalue weighted by Gasteiger charge is -2.23. The second-order valence-electron chi connectivity index (χ2n) is 6.55. The Kier molecular flexibility index (Phi) is 3.48. The third kappa shape index (κ3) is 2.73. The fraction of sp³-hybridized carbons (Fsp3) is 0.421. The summed E-state index contributed by atoms with van der Waals surface area (Å²) in [4.78, 5) is 6.96. The van der Waals surface area contributed by atoms with Gasteiger partial charge in [0.15, 0.2) is 0 Å². The second kappa shape index (κ2) is 5.61. The molecule has 2 heterocycles. The van der Waals surface area contributed by atoms with Gasteiger partial charge in [-0.15, -0.1) is 0 Å². The van der Waals surface area contributed by atoms with Crippen LogP contribution in [-0.4, -0.2) is 29.0 Å². The third-order valence-electron chi connectivity index (χ3n) is 5.11. The summed E-state index contributed by atoms with van der Waals surface area (Å²) in [5.41, 5.74) is 4.52. The summed E-state index contributed by atoms with van der Waals surface area (Å²) >= 11 is 0. The standard InChI is InChI=1S/C19H22N2/c1-2-6-18-12-19(11-17(18)5-1)21-9-7-16(14-21)10-15-4-3-8-20-13-15/h1-6,8,13,16,19H,7,9-12,14H2. The molecule has 2 nitrogen and oxygen atoms in total. The maximum absolute atomic E-state index is 4.24. The fourth-order valence-corrected chi connectivity index (χ4v) is 4.01. The van der Waals surface area contributed by atoms with Crippen molar-refractivity contribution >= 4 is 0 Å². The van der Waals surface area contributed by atoms with Crippen LogP contribution in [-0.2, 0) is 19.3 Å². The molecule has 0 N–H and O–H groups in total. The Morgan fingerprint density at radius 2 is 1.86 bits per heavy atom. The normalized spacial score (nSPS) is 22.6. The number of nitrogens with zero attached hydrogens (tertiary/aromatic N) is 2. The molecule has 1 aliphatic heterocycles. The first-order valence-electron chi connectivity index (χ1n) is 8.08. The highest BCUT2D eigenvalue weighted by Gasteiger charge is 2.31. The number of likely N-dealkylation sites (tertiary alicyclic amines) is 1. The van der Waals surface area contributed by atoms with E-state index < -0.39 is 0 Å². The predicted molar refractivity (Wildman–Crippen MR) is 85.3 cm³/mol. The Morgan fingerprint density at radius 3 is 2.57 bits per heavy atom. The van der Waals surface area contributed by atoms with Crippen LogP contribution in [0.25, 0.3) is 0 Å². The molecule has 108 valence electrons. The molecule has 0 saturated carbocycles. The molecule has 2 heteroatoms. The highest BCUT2D eigenvalue weighted by molar-refractivity contribution is 5.33. The van der Waals surface area contributed by atoms with Crippen LogP contribution in [0, 0.1) is 5.92 Å². The molecule has 1 aromatic heterocycles. The molecule has 0 bridgehead atoms. The van der Waals surface area contributed by atoms with Crippen LogP contribution in [0.4, 0.5) is 0 Å². The maximum atomic E-state index is 4.24. The quantitative estimate of drug-likeness (QED) is 0.857. The summed E-state index contributed by atoms with van der Waals surface area (Å²) in [6.45, 7) is 2.52. The first kappa shape index (κ1) is 13.0. The molecule has 0 spiro atoms. The number of hydrogen-bond acceptors (Lipinski definition) is 2. The Bertz CT molecular complexity index is 583. The van der Waals surface area contributed by atoms with E-state index in [1.165, 1.54) is 44.3 Å². The number of pyridine rings is 1. The van der Waals surface area contributed by atoms with Gasteiger partial charge in [-0.25, -0.2) is 0 Å². The van der Waals surface area contributed by atoms with Gasteiger partial charge in [-0.1, -0.05) is 30.3 Å². The molecular formula is C19H22N2. The lowest BCUT2D eigenvalue weighted by molar-refractivity contribution is 0.240. The molecule has 1 aromatic carbocycles. The molecule has 1 fully saturated rings. The number of rotatable bonds is 3. The second-order valence-corrected chi connectivity index (χ2v) is 6.55. The Hall–Kier alpha value is -1.67. The Balaban J connectivity index is 1.37. The molecule has 0 amide bonds. The van der Waals surface area contributed by atoms with E-state index in [0.29, 0.717) is 0 Å². The highest BCUT2D eigenvalue weighted by atomic mass is 15.2. The third-order valence-corrected chi connectivity index (χ3v) is 5.11. The van der Waals surface area contributed by atoms with Crippen molar-refractivity contribution in [2.45, 2.75) is 31.7 Å². The molecule has 1 atom stereocenters. The van der Waals surface area contributed by atoms with E-state index >= 15 is 0 Å². The monoisotopic (exact) mass is 278 g/mol. The Morgan fingerprint density at radius 1 is 1.05 bits per heavy atom. The summed E-state index contributed by atoms with van der Waals surface area (Å²) in [6, 6.07) is 14.0. The van der Waals surface area contributed by atoms with Gasteiger partial charge in [0.25, 0.3) is 0 Å². The zero-order chi connectivity index (χ0) is 14.1. The number of fused-ring (bicyclic) bond motifs is 1. The van der Waals surface area contributed by atoms with Crippen molar-refractivity contribution in [3.05, 3.63) is 65.5 Å². The van der Waals surface area contributed by atoms with Gasteiger partial charge in [0.2, 0.25) is 0 Å². The maximum Gasteiger partial charge on any atom is 0.0299 e. The average molecular weight is 278 g/mol. The van der Waals surface area contributed by atoms with E-state index in [4.69, 9.17) is 0 Å². The lowest BCUT2D eigenvalue weighted by atomic mass is 10.00. The SMILES string of the molecule is c1cncc(CC2CCN(C3Cc4ccccc4C3)C2)c1. The largest absolute Gasteiger partial charge is 0.299 e. The van der Waals surface area contributed by atoms with Gasteiger partial charge in [-0.05, 0) is 60.9 Å². The molecule has 1 unspecified atom stereocenters. The van der Waals surface area contributed by atoms with Crippen molar-refractivity contribution in [1.29, 1.82) is 0 Å². The molecule has 1 aliphatic carbocycles. The van der Waals surface area contributed by atoms with Crippen LogP contribution in [0.3, 0.4) is 0 Å². The van der Waals surface area contributed by atoms with E-state index in [9.17, 15) is 0 Å². The molecule has 1 saturated heterocycles. The summed E-state index contributed by atoms with van der Waals surface area (Å²) in [7, 11) is 0. The zero-order valence-corrected chi connectivity index (χ0v) is 12.4. The van der Waals surface area contributed by atoms with Gasteiger partial charge in [-0.2, -0.15) is 0 Å². The topological polar surface area (TPSA) is 16.1 Å². The first-order valence-corrected chi connectivity index (χ1v) is 8.08. The smallest absolute Gasteiger partial charge is 0.0299 e. The number of hydrogen-bond donors (Lipinski definition) is 0. The van der Waals surface area contributed by atoms with E-state index in [-0.39, 0.29) is 0 Å². The van der Waals surface area contributed by atoms with Gasteiger partial charge in [0.1, 0.15) is 0 Å². The zero-order valence-electron chi connectivity index (χ0n) is 12.4. The summed E-state index contributed by atoms with van der Waals surface area (Å²) in [5.74, 6) is 0.804. The van der Waals surface area contributed by atoms with Crippen LogP contribution >= 0.6 is 0 Å². The lowest BCUT2D eigenvalue weighted by Crippen LogP contribution is -2.34. The predicted octanol–water partition coefficient (Wildman–Crippen LogP) is 3.11. The van der Waals surface area contributed by atoms with Crippen molar-refractivity contribution in [1.82, 2.24) is 9.88 Å².